The average molecular weight is 306 g/mol. The summed E-state index contributed by atoms with van der Waals surface area (Å²) >= 11 is 0. The van der Waals surface area contributed by atoms with Gasteiger partial charge < -0.3 is 15.0 Å². The number of nitrogens with zero attached hydrogens (tertiary/aromatic N) is 2. The maximum Gasteiger partial charge on any atom is 0.252 e. The Morgan fingerprint density at radius 1 is 1.26 bits per heavy atom. The molecular weight excluding hydrogens is 289 g/mol. The Morgan fingerprint density at radius 3 is 2.61 bits per heavy atom. The van der Waals surface area contributed by atoms with Crippen LogP contribution in [0.2, 0.25) is 6.82 Å². The lowest BCUT2D eigenvalue weighted by Gasteiger charge is -2.08. The summed E-state index contributed by atoms with van der Waals surface area (Å²) in [5, 5.41) is 0. The number of carbonyl (C=O) groups is 1. The van der Waals surface area contributed by atoms with E-state index in [0.29, 0.717) is 23.4 Å². The topological polar surface area (TPSA) is 70.1 Å². The maximum atomic E-state index is 11.5. The van der Waals surface area contributed by atoms with Gasteiger partial charge in [-0.2, -0.15) is 0 Å². The largest absolute Gasteiger partial charge is 0.494 e. The van der Waals surface area contributed by atoms with Crippen LogP contribution in [-0.4, -0.2) is 29.8 Å². The zero-order valence-electron chi connectivity index (χ0n) is 13.1. The molecule has 0 spiro atoms. The van der Waals surface area contributed by atoms with Gasteiger partial charge in [-0.3, -0.25) is 4.79 Å². The van der Waals surface area contributed by atoms with E-state index >= 15 is 0 Å². The predicted molar refractivity (Wildman–Crippen MR) is 91.6 cm³/mol. The van der Waals surface area contributed by atoms with Crippen LogP contribution < -0.4 is 15.9 Å². The highest BCUT2D eigenvalue weighted by Crippen LogP contribution is 2.28. The van der Waals surface area contributed by atoms with Gasteiger partial charge in [0, 0.05) is 6.54 Å². The molecule has 0 aliphatic heterocycles. The molecule has 1 heterocycles. The highest BCUT2D eigenvalue weighted by molar-refractivity contribution is 6.51. The number of benzene rings is 2. The predicted octanol–water partition coefficient (Wildman–Crippen LogP) is 1.57. The molecule has 3 rings (SSSR count). The van der Waals surface area contributed by atoms with Crippen molar-refractivity contribution in [3.63, 3.8) is 0 Å². The van der Waals surface area contributed by atoms with Gasteiger partial charge in [-0.25, -0.2) is 4.98 Å². The molecule has 1 amide bonds. The Kier molecular flexibility index (Phi) is 4.06. The van der Waals surface area contributed by atoms with Gasteiger partial charge in [0.15, 0.2) is 5.75 Å². The minimum absolute atomic E-state index is 0.341. The van der Waals surface area contributed by atoms with Crippen LogP contribution in [0.15, 0.2) is 42.7 Å². The molecule has 2 aromatic carbocycles. The zero-order valence-corrected chi connectivity index (χ0v) is 13.1. The van der Waals surface area contributed by atoms with Crippen LogP contribution in [0.25, 0.3) is 11.0 Å². The quantitative estimate of drug-likeness (QED) is 0.727. The fourth-order valence-corrected chi connectivity index (χ4v) is 2.65. The third kappa shape index (κ3) is 2.80. The molecule has 0 bridgehead atoms. The van der Waals surface area contributed by atoms with E-state index in [1.54, 1.807) is 12.4 Å². The average Bonchev–Trinajstić information content (AvgIpc) is 2.97. The highest BCUT2D eigenvalue weighted by atomic mass is 16.5. The maximum absolute atomic E-state index is 11.5. The van der Waals surface area contributed by atoms with Crippen molar-refractivity contribution in [2.75, 3.05) is 7.11 Å². The number of ether oxygens (including phenoxy) is 1. The summed E-state index contributed by atoms with van der Waals surface area (Å²) in [7, 11) is 3.58. The second-order valence-corrected chi connectivity index (χ2v) is 5.28. The van der Waals surface area contributed by atoms with Gasteiger partial charge in [0.1, 0.15) is 12.8 Å². The fourth-order valence-electron chi connectivity index (χ4n) is 2.65. The van der Waals surface area contributed by atoms with Crippen LogP contribution in [0.5, 0.6) is 5.75 Å². The molecule has 23 heavy (non-hydrogen) atoms. The first-order chi connectivity index (χ1) is 11.1. The first-order valence-electron chi connectivity index (χ1n) is 7.34. The van der Waals surface area contributed by atoms with E-state index in [2.05, 4.69) is 36.5 Å². The number of aromatic nitrogens is 2. The summed E-state index contributed by atoms with van der Waals surface area (Å²) in [5.74, 6) is -0.102. The number of primary amides is 1. The first kappa shape index (κ1) is 15.2. The molecule has 1 radical (unpaired) electrons. The molecule has 2 N–H and O–H groups in total. The van der Waals surface area contributed by atoms with E-state index in [9.17, 15) is 4.79 Å². The van der Waals surface area contributed by atoms with Crippen molar-refractivity contribution in [2.24, 2.45) is 5.73 Å². The molecular formula is C17H17BN3O2. The Morgan fingerprint density at radius 2 is 2.00 bits per heavy atom. The Hall–Kier alpha value is -2.76. The molecule has 0 unspecified atom stereocenters. The number of methoxy groups -OCH3 is 1. The molecule has 5 nitrogen and oxygen atoms in total. The van der Waals surface area contributed by atoms with Gasteiger partial charge >= 0.3 is 0 Å². The van der Waals surface area contributed by atoms with Crippen molar-refractivity contribution in [2.45, 2.75) is 13.4 Å². The molecule has 115 valence electrons. The highest BCUT2D eigenvalue weighted by Gasteiger charge is 2.16. The minimum atomic E-state index is -0.523. The van der Waals surface area contributed by atoms with Crippen LogP contribution in [0, 0.1) is 0 Å². The van der Waals surface area contributed by atoms with Crippen molar-refractivity contribution in [1.82, 2.24) is 9.55 Å². The molecule has 0 aliphatic rings. The second-order valence-electron chi connectivity index (χ2n) is 5.28. The van der Waals surface area contributed by atoms with Crippen molar-refractivity contribution >= 4 is 29.7 Å². The summed E-state index contributed by atoms with van der Waals surface area (Å²) in [4.78, 5) is 15.9. The number of rotatable bonds is 5. The van der Waals surface area contributed by atoms with Crippen molar-refractivity contribution in [3.05, 3.63) is 53.9 Å². The molecule has 0 saturated carbocycles. The summed E-state index contributed by atoms with van der Waals surface area (Å²) in [6.07, 6.45) is 1.75. The fraction of sp³-hybridized carbons (Fsp3) is 0.176. The standard InChI is InChI=1S/C17H17BN3O2/c1-18-12-5-3-11(4-6-12)9-21-10-20-15-14(21)8-7-13(17(19)22)16(15)23-2/h3-8,10H,9H2,1-2H3,(H2,19,22). The summed E-state index contributed by atoms with van der Waals surface area (Å²) < 4.78 is 7.35. The molecule has 0 atom stereocenters. The van der Waals surface area contributed by atoms with Gasteiger partial charge in [-0.05, 0) is 17.7 Å². The van der Waals surface area contributed by atoms with Crippen LogP contribution >= 0.6 is 0 Å². The number of nitrogens with two attached hydrogens (primary N) is 1. The summed E-state index contributed by atoms with van der Waals surface area (Å²) in [6, 6.07) is 11.9. The van der Waals surface area contributed by atoms with E-state index in [0.717, 1.165) is 5.52 Å². The number of imidazole rings is 1. The third-order valence-corrected chi connectivity index (χ3v) is 3.88. The van der Waals surface area contributed by atoms with E-state index < -0.39 is 5.91 Å². The lowest BCUT2D eigenvalue weighted by molar-refractivity contribution is 0.0997. The van der Waals surface area contributed by atoms with Crippen LogP contribution in [0.3, 0.4) is 0 Å². The van der Waals surface area contributed by atoms with Gasteiger partial charge in [0.25, 0.3) is 5.91 Å². The van der Waals surface area contributed by atoms with E-state index in [-0.39, 0.29) is 0 Å². The SMILES string of the molecule is C[B]c1ccc(Cn2cnc3c(OC)c(C(N)=O)ccc32)cc1. The monoisotopic (exact) mass is 306 g/mol. The van der Waals surface area contributed by atoms with E-state index in [1.807, 2.05) is 17.5 Å². The number of fused-ring (bicyclic) bond motifs is 1. The number of hydrogen-bond acceptors (Lipinski definition) is 3. The normalized spacial score (nSPS) is 10.7. The van der Waals surface area contributed by atoms with Crippen LogP contribution in [0.1, 0.15) is 15.9 Å². The van der Waals surface area contributed by atoms with Gasteiger partial charge in [0.2, 0.25) is 0 Å². The van der Waals surface area contributed by atoms with Crippen molar-refractivity contribution in [1.29, 1.82) is 0 Å². The van der Waals surface area contributed by atoms with Gasteiger partial charge in [-0.1, -0.05) is 36.6 Å². The molecule has 6 heteroatoms. The van der Waals surface area contributed by atoms with E-state index in [1.165, 1.54) is 18.1 Å². The van der Waals surface area contributed by atoms with Gasteiger partial charge in [-0.15, -0.1) is 0 Å². The van der Waals surface area contributed by atoms with E-state index in [4.69, 9.17) is 10.5 Å². The first-order valence-corrected chi connectivity index (χ1v) is 7.34. The number of hydrogen-bond donors (Lipinski definition) is 1. The number of amides is 1. The smallest absolute Gasteiger partial charge is 0.252 e. The molecule has 1 aromatic heterocycles. The Balaban J connectivity index is 2.00. The molecule has 0 saturated heterocycles. The molecule has 0 fully saturated rings. The lowest BCUT2D eigenvalue weighted by Crippen LogP contribution is -2.12. The lowest BCUT2D eigenvalue weighted by atomic mass is 9.73. The van der Waals surface area contributed by atoms with Crippen molar-refractivity contribution < 1.29 is 9.53 Å². The minimum Gasteiger partial charge on any atom is -0.494 e. The van der Waals surface area contributed by atoms with Gasteiger partial charge in [0.05, 0.1) is 24.5 Å². The van der Waals surface area contributed by atoms with Crippen molar-refractivity contribution in [3.8, 4) is 5.75 Å². The van der Waals surface area contributed by atoms with Crippen LogP contribution in [-0.2, 0) is 6.54 Å². The number of carbonyl (C=O) groups excluding carboxylic acids is 1. The second kappa shape index (κ2) is 6.16. The molecule has 3 aromatic rings. The molecule has 0 aliphatic carbocycles. The Labute approximate surface area is 135 Å². The summed E-state index contributed by atoms with van der Waals surface area (Å²) in [5.41, 5.74) is 9.63. The summed E-state index contributed by atoms with van der Waals surface area (Å²) in [6.45, 7) is 2.71. The zero-order chi connectivity index (χ0) is 16.4. The van der Waals surface area contributed by atoms with Crippen LogP contribution in [0.4, 0.5) is 0 Å². The Bertz CT molecular complexity index is 856. The third-order valence-electron chi connectivity index (χ3n) is 3.88.